The normalized spacial score (nSPS) is 10.9. The van der Waals surface area contributed by atoms with E-state index in [2.05, 4.69) is 39.6 Å². The van der Waals surface area contributed by atoms with Crippen molar-refractivity contribution in [3.8, 4) is 0 Å². The minimum atomic E-state index is -0.111. The van der Waals surface area contributed by atoms with E-state index < -0.39 is 0 Å². The molecule has 0 aliphatic heterocycles. The molecule has 0 bridgehead atoms. The number of hydrogen-bond acceptors (Lipinski definition) is 3. The Morgan fingerprint density at radius 3 is 2.77 bits per heavy atom. The quantitative estimate of drug-likeness (QED) is 0.541. The van der Waals surface area contributed by atoms with Crippen LogP contribution in [0.15, 0.2) is 66.2 Å². The lowest BCUT2D eigenvalue weighted by Gasteiger charge is -2.03. The van der Waals surface area contributed by atoms with Gasteiger partial charge in [0.25, 0.3) is 5.91 Å². The Hall–Kier alpha value is -2.92. The summed E-state index contributed by atoms with van der Waals surface area (Å²) in [4.78, 5) is 20.1. The van der Waals surface area contributed by atoms with Gasteiger partial charge in [-0.3, -0.25) is 4.79 Å². The molecule has 0 radical (unpaired) electrons. The van der Waals surface area contributed by atoms with Gasteiger partial charge in [-0.1, -0.05) is 48.5 Å². The maximum Gasteiger partial charge on any atom is 0.270 e. The number of nitrogens with zero attached hydrogens (tertiary/aromatic N) is 1. The van der Waals surface area contributed by atoms with Crippen LogP contribution < -0.4 is 5.32 Å². The van der Waals surface area contributed by atoms with Gasteiger partial charge in [0.1, 0.15) is 5.69 Å². The van der Waals surface area contributed by atoms with Crippen LogP contribution in [0, 0.1) is 0 Å². The Kier molecular flexibility index (Phi) is 4.80. The SMILES string of the molecule is O=C(NCCc1c[nH]c2ccccc12)c1csc(Cc2ccccc2)n1. The molecule has 5 heteroatoms. The minimum absolute atomic E-state index is 0.111. The average Bonchev–Trinajstić information content (AvgIpc) is 3.30. The summed E-state index contributed by atoms with van der Waals surface area (Å²) in [6, 6.07) is 18.4. The van der Waals surface area contributed by atoms with Gasteiger partial charge in [-0.2, -0.15) is 0 Å². The first-order valence-electron chi connectivity index (χ1n) is 8.61. The minimum Gasteiger partial charge on any atom is -0.361 e. The van der Waals surface area contributed by atoms with E-state index in [9.17, 15) is 4.79 Å². The molecule has 0 fully saturated rings. The van der Waals surface area contributed by atoms with E-state index in [1.54, 1.807) is 0 Å². The molecule has 0 atom stereocenters. The fourth-order valence-corrected chi connectivity index (χ4v) is 3.82. The van der Waals surface area contributed by atoms with Gasteiger partial charge in [0, 0.05) is 35.4 Å². The molecule has 4 rings (SSSR count). The van der Waals surface area contributed by atoms with Crippen LogP contribution in [0.3, 0.4) is 0 Å². The van der Waals surface area contributed by atoms with E-state index in [-0.39, 0.29) is 5.91 Å². The van der Waals surface area contributed by atoms with Crippen molar-refractivity contribution >= 4 is 28.1 Å². The summed E-state index contributed by atoms with van der Waals surface area (Å²) in [5.41, 5.74) is 4.04. The van der Waals surface area contributed by atoms with E-state index in [1.165, 1.54) is 27.8 Å². The second-order valence-electron chi connectivity index (χ2n) is 6.15. The maximum absolute atomic E-state index is 12.3. The second kappa shape index (κ2) is 7.54. The van der Waals surface area contributed by atoms with Gasteiger partial charge in [-0.25, -0.2) is 4.98 Å². The van der Waals surface area contributed by atoms with E-state index in [0.717, 1.165) is 23.4 Å². The van der Waals surface area contributed by atoms with Crippen molar-refractivity contribution in [2.75, 3.05) is 6.54 Å². The van der Waals surface area contributed by atoms with Crippen molar-refractivity contribution in [1.29, 1.82) is 0 Å². The van der Waals surface area contributed by atoms with Crippen molar-refractivity contribution in [2.45, 2.75) is 12.8 Å². The lowest BCUT2D eigenvalue weighted by molar-refractivity contribution is 0.0949. The van der Waals surface area contributed by atoms with Gasteiger partial charge >= 0.3 is 0 Å². The van der Waals surface area contributed by atoms with Crippen LogP contribution in [-0.4, -0.2) is 22.4 Å². The molecule has 4 aromatic rings. The van der Waals surface area contributed by atoms with Crippen LogP contribution in [0.25, 0.3) is 10.9 Å². The highest BCUT2D eigenvalue weighted by molar-refractivity contribution is 7.09. The molecule has 26 heavy (non-hydrogen) atoms. The molecule has 2 N–H and O–H groups in total. The molecule has 0 saturated heterocycles. The number of carbonyl (C=O) groups is 1. The Labute approximate surface area is 155 Å². The first-order chi connectivity index (χ1) is 12.8. The van der Waals surface area contributed by atoms with Gasteiger partial charge in [-0.05, 0) is 23.6 Å². The van der Waals surface area contributed by atoms with Crippen molar-refractivity contribution in [3.05, 3.63) is 88.0 Å². The molecule has 0 spiro atoms. The number of nitrogens with one attached hydrogen (secondary N) is 2. The number of H-pyrrole nitrogens is 1. The number of benzene rings is 2. The fourth-order valence-electron chi connectivity index (χ4n) is 3.01. The van der Waals surface area contributed by atoms with E-state index in [4.69, 9.17) is 0 Å². The lowest BCUT2D eigenvalue weighted by Crippen LogP contribution is -2.26. The number of fused-ring (bicyclic) bond motifs is 1. The number of hydrogen-bond donors (Lipinski definition) is 2. The van der Waals surface area contributed by atoms with Crippen LogP contribution in [-0.2, 0) is 12.8 Å². The highest BCUT2D eigenvalue weighted by Crippen LogP contribution is 2.18. The smallest absolute Gasteiger partial charge is 0.270 e. The standard InChI is InChI=1S/C21H19N3OS/c25-21(19-14-26-20(24-19)12-15-6-2-1-3-7-15)22-11-10-16-13-23-18-9-5-4-8-17(16)18/h1-9,13-14,23H,10-12H2,(H,22,25). The average molecular weight is 361 g/mol. The zero-order chi connectivity index (χ0) is 17.8. The molecule has 0 aliphatic rings. The topological polar surface area (TPSA) is 57.8 Å². The van der Waals surface area contributed by atoms with Gasteiger partial charge < -0.3 is 10.3 Å². The molecule has 0 aliphatic carbocycles. The Morgan fingerprint density at radius 2 is 1.88 bits per heavy atom. The number of aromatic amines is 1. The summed E-state index contributed by atoms with van der Waals surface area (Å²) in [6.07, 6.45) is 3.56. The third-order valence-electron chi connectivity index (χ3n) is 4.34. The summed E-state index contributed by atoms with van der Waals surface area (Å²) in [5.74, 6) is -0.111. The molecule has 4 nitrogen and oxygen atoms in total. The molecular weight excluding hydrogens is 342 g/mol. The number of amides is 1. The number of rotatable bonds is 6. The van der Waals surface area contributed by atoms with Crippen molar-refractivity contribution in [2.24, 2.45) is 0 Å². The van der Waals surface area contributed by atoms with Crippen molar-refractivity contribution in [1.82, 2.24) is 15.3 Å². The molecule has 2 heterocycles. The van der Waals surface area contributed by atoms with Crippen molar-refractivity contribution in [3.63, 3.8) is 0 Å². The van der Waals surface area contributed by atoms with Crippen LogP contribution >= 0.6 is 11.3 Å². The first kappa shape index (κ1) is 16.5. The molecule has 2 aromatic carbocycles. The predicted molar refractivity (Wildman–Crippen MR) is 106 cm³/mol. The van der Waals surface area contributed by atoms with E-state index >= 15 is 0 Å². The third-order valence-corrected chi connectivity index (χ3v) is 5.19. The monoisotopic (exact) mass is 361 g/mol. The maximum atomic E-state index is 12.3. The zero-order valence-electron chi connectivity index (χ0n) is 14.2. The molecular formula is C21H19N3OS. The van der Waals surface area contributed by atoms with Crippen LogP contribution in [0.5, 0.6) is 0 Å². The van der Waals surface area contributed by atoms with Crippen LogP contribution in [0.4, 0.5) is 0 Å². The van der Waals surface area contributed by atoms with E-state index in [1.807, 2.05) is 41.9 Å². The van der Waals surface area contributed by atoms with Crippen LogP contribution in [0.1, 0.15) is 26.6 Å². The Balaban J connectivity index is 1.34. The summed E-state index contributed by atoms with van der Waals surface area (Å²) in [7, 11) is 0. The van der Waals surface area contributed by atoms with Gasteiger partial charge in [0.05, 0.1) is 5.01 Å². The molecule has 1 amide bonds. The third kappa shape index (κ3) is 3.68. The number of aromatic nitrogens is 2. The number of carbonyl (C=O) groups excluding carboxylic acids is 1. The summed E-state index contributed by atoms with van der Waals surface area (Å²) in [5, 5.41) is 6.97. The highest BCUT2D eigenvalue weighted by Gasteiger charge is 2.11. The largest absolute Gasteiger partial charge is 0.361 e. The Bertz CT molecular complexity index is 1020. The summed E-state index contributed by atoms with van der Waals surface area (Å²) >= 11 is 1.53. The Morgan fingerprint density at radius 1 is 1.08 bits per heavy atom. The highest BCUT2D eigenvalue weighted by atomic mass is 32.1. The summed E-state index contributed by atoms with van der Waals surface area (Å²) < 4.78 is 0. The van der Waals surface area contributed by atoms with Gasteiger partial charge in [0.15, 0.2) is 0 Å². The molecule has 0 saturated carbocycles. The first-order valence-corrected chi connectivity index (χ1v) is 9.49. The number of para-hydroxylation sites is 1. The second-order valence-corrected chi connectivity index (χ2v) is 7.10. The van der Waals surface area contributed by atoms with Gasteiger partial charge in [-0.15, -0.1) is 11.3 Å². The van der Waals surface area contributed by atoms with Crippen LogP contribution in [0.2, 0.25) is 0 Å². The number of thiazole rings is 1. The predicted octanol–water partition coefficient (Wildman–Crippen LogP) is 4.19. The van der Waals surface area contributed by atoms with E-state index in [0.29, 0.717) is 12.2 Å². The van der Waals surface area contributed by atoms with Crippen molar-refractivity contribution < 1.29 is 4.79 Å². The zero-order valence-corrected chi connectivity index (χ0v) is 15.1. The molecule has 130 valence electrons. The lowest BCUT2D eigenvalue weighted by atomic mass is 10.1. The summed E-state index contributed by atoms with van der Waals surface area (Å²) in [6.45, 7) is 0.590. The molecule has 0 unspecified atom stereocenters. The fraction of sp³-hybridized carbons (Fsp3) is 0.143. The van der Waals surface area contributed by atoms with Gasteiger partial charge in [0.2, 0.25) is 0 Å². The molecule has 2 aromatic heterocycles.